The van der Waals surface area contributed by atoms with Crippen molar-refractivity contribution in [3.8, 4) is 22.6 Å². The molecule has 3 rings (SSSR count). The number of hydrogen-bond acceptors (Lipinski definition) is 4. The van der Waals surface area contributed by atoms with Crippen molar-refractivity contribution in [2.24, 2.45) is 0 Å². The van der Waals surface area contributed by atoms with E-state index in [0.29, 0.717) is 18.4 Å². The Morgan fingerprint density at radius 3 is 2.74 bits per heavy atom. The van der Waals surface area contributed by atoms with E-state index in [9.17, 15) is 5.11 Å². The summed E-state index contributed by atoms with van der Waals surface area (Å²) in [5.74, 6) is 1.18. The van der Waals surface area contributed by atoms with Crippen molar-refractivity contribution in [1.29, 1.82) is 0 Å². The molecule has 0 aromatic heterocycles. The molecule has 4 nitrogen and oxygen atoms in total. The van der Waals surface area contributed by atoms with Crippen LogP contribution in [0, 0.1) is 6.92 Å². The molecule has 0 fully saturated rings. The van der Waals surface area contributed by atoms with E-state index in [-0.39, 0.29) is 0 Å². The first-order valence-electron chi connectivity index (χ1n) is 7.85. The van der Waals surface area contributed by atoms with Crippen molar-refractivity contribution in [2.75, 3.05) is 20.8 Å². The van der Waals surface area contributed by atoms with E-state index in [0.717, 1.165) is 35.4 Å². The van der Waals surface area contributed by atoms with Crippen LogP contribution in [0.1, 0.15) is 16.7 Å². The summed E-state index contributed by atoms with van der Waals surface area (Å²) < 4.78 is 10.9. The van der Waals surface area contributed by atoms with Gasteiger partial charge in [-0.15, -0.1) is 0 Å². The fraction of sp³-hybridized carbons (Fsp3) is 0.368. The molecule has 23 heavy (non-hydrogen) atoms. The number of phenolic OH excluding ortho intramolecular Hbond substituents is 1. The normalized spacial score (nSPS) is 16.9. The monoisotopic (exact) mass is 313 g/mol. The smallest absolute Gasteiger partial charge is 0.126 e. The van der Waals surface area contributed by atoms with E-state index in [1.165, 1.54) is 11.1 Å². The molecular weight excluding hydrogens is 290 g/mol. The Morgan fingerprint density at radius 2 is 2.04 bits per heavy atom. The highest BCUT2D eigenvalue weighted by Crippen LogP contribution is 2.38. The average Bonchev–Trinajstić information content (AvgIpc) is 2.56. The Balaban J connectivity index is 2.12. The lowest BCUT2D eigenvalue weighted by atomic mass is 9.87. The van der Waals surface area contributed by atoms with Gasteiger partial charge in [0.25, 0.3) is 0 Å². The third-order valence-corrected chi connectivity index (χ3v) is 4.48. The molecule has 1 aliphatic heterocycles. The van der Waals surface area contributed by atoms with Crippen LogP contribution in [0.3, 0.4) is 0 Å². The number of aryl methyl sites for hydroxylation is 1. The molecule has 1 aliphatic rings. The highest BCUT2D eigenvalue weighted by molar-refractivity contribution is 5.77. The highest BCUT2D eigenvalue weighted by Gasteiger charge is 2.23. The SMILES string of the molecule is COCC1Cc2c(ccc(OC)c2-c2ccc(O)c(C)c2)CN1. The highest BCUT2D eigenvalue weighted by atomic mass is 16.5. The van der Waals surface area contributed by atoms with Gasteiger partial charge < -0.3 is 19.9 Å². The fourth-order valence-electron chi connectivity index (χ4n) is 3.26. The van der Waals surface area contributed by atoms with Gasteiger partial charge >= 0.3 is 0 Å². The summed E-state index contributed by atoms with van der Waals surface area (Å²) in [6, 6.07) is 10.2. The van der Waals surface area contributed by atoms with E-state index in [2.05, 4.69) is 11.4 Å². The van der Waals surface area contributed by atoms with Crippen molar-refractivity contribution >= 4 is 0 Å². The van der Waals surface area contributed by atoms with Crippen LogP contribution >= 0.6 is 0 Å². The summed E-state index contributed by atoms with van der Waals surface area (Å²) in [6.07, 6.45) is 0.898. The summed E-state index contributed by atoms with van der Waals surface area (Å²) in [6.45, 7) is 3.43. The van der Waals surface area contributed by atoms with E-state index in [1.54, 1.807) is 20.3 Å². The van der Waals surface area contributed by atoms with Gasteiger partial charge in [-0.3, -0.25) is 0 Å². The van der Waals surface area contributed by atoms with E-state index < -0.39 is 0 Å². The largest absolute Gasteiger partial charge is 0.508 e. The lowest BCUT2D eigenvalue weighted by Gasteiger charge is -2.28. The Labute approximate surface area is 137 Å². The van der Waals surface area contributed by atoms with Gasteiger partial charge in [0, 0.05) is 25.3 Å². The second-order valence-electron chi connectivity index (χ2n) is 6.02. The number of aromatic hydroxyl groups is 1. The maximum absolute atomic E-state index is 9.81. The van der Waals surface area contributed by atoms with Crippen molar-refractivity contribution in [2.45, 2.75) is 25.9 Å². The third-order valence-electron chi connectivity index (χ3n) is 4.48. The minimum Gasteiger partial charge on any atom is -0.508 e. The lowest BCUT2D eigenvalue weighted by molar-refractivity contribution is 0.162. The maximum atomic E-state index is 9.81. The van der Waals surface area contributed by atoms with Crippen molar-refractivity contribution in [3.63, 3.8) is 0 Å². The van der Waals surface area contributed by atoms with Gasteiger partial charge in [-0.05, 0) is 53.8 Å². The fourth-order valence-corrected chi connectivity index (χ4v) is 3.26. The number of rotatable bonds is 4. The van der Waals surface area contributed by atoms with Gasteiger partial charge in [-0.2, -0.15) is 0 Å². The molecule has 2 N–H and O–H groups in total. The van der Waals surface area contributed by atoms with Gasteiger partial charge in [0.05, 0.1) is 13.7 Å². The zero-order valence-corrected chi connectivity index (χ0v) is 13.8. The first-order valence-corrected chi connectivity index (χ1v) is 7.85. The Kier molecular flexibility index (Phi) is 4.55. The molecule has 0 aliphatic carbocycles. The molecule has 4 heteroatoms. The van der Waals surface area contributed by atoms with Crippen molar-refractivity contribution < 1.29 is 14.6 Å². The number of phenols is 1. The molecule has 0 spiro atoms. The molecule has 0 radical (unpaired) electrons. The number of nitrogens with one attached hydrogen (secondary N) is 1. The quantitative estimate of drug-likeness (QED) is 0.911. The van der Waals surface area contributed by atoms with E-state index in [4.69, 9.17) is 9.47 Å². The van der Waals surface area contributed by atoms with Crippen molar-refractivity contribution in [1.82, 2.24) is 5.32 Å². The minimum atomic E-state index is 0.302. The van der Waals surface area contributed by atoms with Gasteiger partial charge in [-0.25, -0.2) is 0 Å². The zero-order chi connectivity index (χ0) is 16.4. The van der Waals surface area contributed by atoms with Crippen LogP contribution < -0.4 is 10.1 Å². The van der Waals surface area contributed by atoms with Crippen LogP contribution in [0.2, 0.25) is 0 Å². The third kappa shape index (κ3) is 3.05. The molecule has 0 saturated carbocycles. The number of methoxy groups -OCH3 is 2. The molecular formula is C19H23NO3. The first kappa shape index (κ1) is 15.8. The summed E-state index contributed by atoms with van der Waals surface area (Å²) in [5.41, 5.74) is 5.65. The number of hydrogen-bond donors (Lipinski definition) is 2. The average molecular weight is 313 g/mol. The molecule has 1 atom stereocenters. The lowest BCUT2D eigenvalue weighted by Crippen LogP contribution is -2.39. The number of ether oxygens (including phenoxy) is 2. The molecule has 0 amide bonds. The Bertz CT molecular complexity index is 712. The van der Waals surface area contributed by atoms with E-state index >= 15 is 0 Å². The van der Waals surface area contributed by atoms with Gasteiger partial charge in [-0.1, -0.05) is 12.1 Å². The van der Waals surface area contributed by atoms with Crippen LogP contribution in [-0.4, -0.2) is 32.0 Å². The predicted octanol–water partition coefficient (Wildman–Crippen LogP) is 3.04. The summed E-state index contributed by atoms with van der Waals surface area (Å²) >= 11 is 0. The second kappa shape index (κ2) is 6.60. The first-order chi connectivity index (χ1) is 11.1. The Hall–Kier alpha value is -2.04. The van der Waals surface area contributed by atoms with E-state index in [1.807, 2.05) is 25.1 Å². The van der Waals surface area contributed by atoms with Crippen LogP contribution in [0.5, 0.6) is 11.5 Å². The van der Waals surface area contributed by atoms with Crippen LogP contribution in [0.15, 0.2) is 30.3 Å². The maximum Gasteiger partial charge on any atom is 0.126 e. The topological polar surface area (TPSA) is 50.7 Å². The minimum absolute atomic E-state index is 0.302. The van der Waals surface area contributed by atoms with Crippen molar-refractivity contribution in [3.05, 3.63) is 47.0 Å². The molecule has 122 valence electrons. The summed E-state index contributed by atoms with van der Waals surface area (Å²) in [7, 11) is 3.43. The second-order valence-corrected chi connectivity index (χ2v) is 6.02. The van der Waals surface area contributed by atoms with Crippen LogP contribution in [-0.2, 0) is 17.7 Å². The Morgan fingerprint density at radius 1 is 1.22 bits per heavy atom. The van der Waals surface area contributed by atoms with Gasteiger partial charge in [0.1, 0.15) is 11.5 Å². The standard InChI is InChI=1S/C19H23NO3/c1-12-8-13(4-6-17(12)21)19-16-9-15(11-22-2)20-10-14(16)5-7-18(19)23-3/h4-8,15,20-21H,9-11H2,1-3H3. The molecule has 2 aromatic rings. The van der Waals surface area contributed by atoms with Crippen LogP contribution in [0.25, 0.3) is 11.1 Å². The number of fused-ring (bicyclic) bond motifs is 1. The molecule has 2 aromatic carbocycles. The summed E-state index contributed by atoms with van der Waals surface area (Å²) in [4.78, 5) is 0. The zero-order valence-electron chi connectivity index (χ0n) is 13.8. The molecule has 1 unspecified atom stereocenters. The molecule has 0 saturated heterocycles. The predicted molar refractivity (Wildman–Crippen MR) is 91.0 cm³/mol. The van der Waals surface area contributed by atoms with Crippen LogP contribution in [0.4, 0.5) is 0 Å². The van der Waals surface area contributed by atoms with Gasteiger partial charge in [0.2, 0.25) is 0 Å². The molecule has 0 bridgehead atoms. The number of benzene rings is 2. The van der Waals surface area contributed by atoms with Gasteiger partial charge in [0.15, 0.2) is 0 Å². The summed E-state index contributed by atoms with van der Waals surface area (Å²) in [5, 5.41) is 13.3. The molecule has 1 heterocycles.